The molecule has 1 heterocycles. The second-order valence-corrected chi connectivity index (χ2v) is 7.25. The van der Waals surface area contributed by atoms with Gasteiger partial charge < -0.3 is 10.2 Å². The van der Waals surface area contributed by atoms with Crippen LogP contribution in [0.3, 0.4) is 0 Å². The Morgan fingerprint density at radius 3 is 2.20 bits per heavy atom. The fourth-order valence-electron chi connectivity index (χ4n) is 4.06. The molecule has 4 nitrogen and oxygen atoms in total. The highest BCUT2D eigenvalue weighted by Gasteiger charge is 2.51. The smallest absolute Gasteiger partial charge is 0.246 e. The summed E-state index contributed by atoms with van der Waals surface area (Å²) >= 11 is 0. The van der Waals surface area contributed by atoms with Crippen molar-refractivity contribution in [2.45, 2.75) is 63.5 Å². The van der Waals surface area contributed by atoms with Crippen LogP contribution < -0.4 is 5.32 Å². The molecule has 4 rings (SSSR count). The van der Waals surface area contributed by atoms with Crippen molar-refractivity contribution in [2.24, 2.45) is 17.8 Å². The van der Waals surface area contributed by atoms with E-state index in [1.807, 2.05) is 4.90 Å². The zero-order chi connectivity index (χ0) is 13.7. The molecular formula is C16H24N2O2. The number of amides is 2. The summed E-state index contributed by atoms with van der Waals surface area (Å²) in [7, 11) is 0. The van der Waals surface area contributed by atoms with Gasteiger partial charge >= 0.3 is 0 Å². The number of piperazine rings is 1. The van der Waals surface area contributed by atoms with Gasteiger partial charge in [0.2, 0.25) is 11.8 Å². The summed E-state index contributed by atoms with van der Waals surface area (Å²) in [6.45, 7) is 0.830. The standard InChI is InChI=1S/C16H24N2O2/c19-15-14(12-7-8-12)18(9-10-3-1-2-4-10)16(20)13(17-15)11-5-6-11/h10-14H,1-9H2,(H,17,19). The fourth-order valence-corrected chi connectivity index (χ4v) is 4.06. The highest BCUT2D eigenvalue weighted by molar-refractivity contribution is 5.97. The molecule has 3 aliphatic carbocycles. The van der Waals surface area contributed by atoms with Gasteiger partial charge in [-0.2, -0.15) is 0 Å². The van der Waals surface area contributed by atoms with Gasteiger partial charge in [-0.15, -0.1) is 0 Å². The summed E-state index contributed by atoms with van der Waals surface area (Å²) in [5.74, 6) is 1.82. The van der Waals surface area contributed by atoms with Crippen molar-refractivity contribution in [3.8, 4) is 0 Å². The third-order valence-corrected chi connectivity index (χ3v) is 5.54. The Hall–Kier alpha value is -1.06. The van der Waals surface area contributed by atoms with Gasteiger partial charge in [-0.1, -0.05) is 12.8 Å². The second-order valence-electron chi connectivity index (χ2n) is 7.25. The van der Waals surface area contributed by atoms with Crippen LogP contribution in [0.2, 0.25) is 0 Å². The number of hydrogen-bond donors (Lipinski definition) is 1. The van der Waals surface area contributed by atoms with E-state index >= 15 is 0 Å². The number of hydrogen-bond acceptors (Lipinski definition) is 2. The third kappa shape index (κ3) is 2.23. The van der Waals surface area contributed by atoms with Crippen LogP contribution in [-0.4, -0.2) is 35.3 Å². The molecule has 4 aliphatic rings. The molecule has 2 amide bonds. The van der Waals surface area contributed by atoms with Gasteiger partial charge in [-0.25, -0.2) is 0 Å². The average molecular weight is 276 g/mol. The van der Waals surface area contributed by atoms with E-state index < -0.39 is 0 Å². The van der Waals surface area contributed by atoms with Gasteiger partial charge in [0, 0.05) is 6.54 Å². The molecule has 4 fully saturated rings. The zero-order valence-electron chi connectivity index (χ0n) is 12.0. The van der Waals surface area contributed by atoms with Crippen molar-refractivity contribution in [1.29, 1.82) is 0 Å². The molecule has 110 valence electrons. The molecule has 0 radical (unpaired) electrons. The van der Waals surface area contributed by atoms with Crippen LogP contribution in [0.25, 0.3) is 0 Å². The predicted octanol–water partition coefficient (Wildman–Crippen LogP) is 1.69. The third-order valence-electron chi connectivity index (χ3n) is 5.54. The van der Waals surface area contributed by atoms with E-state index in [-0.39, 0.29) is 23.9 Å². The quantitative estimate of drug-likeness (QED) is 0.849. The minimum absolute atomic E-state index is 0.127. The predicted molar refractivity (Wildman–Crippen MR) is 74.8 cm³/mol. The monoisotopic (exact) mass is 276 g/mol. The van der Waals surface area contributed by atoms with Gasteiger partial charge in [-0.05, 0) is 56.3 Å². The second kappa shape index (κ2) is 4.74. The highest BCUT2D eigenvalue weighted by atomic mass is 16.2. The Balaban J connectivity index is 1.54. The lowest BCUT2D eigenvalue weighted by Gasteiger charge is -2.40. The summed E-state index contributed by atoms with van der Waals surface area (Å²) in [4.78, 5) is 27.2. The Morgan fingerprint density at radius 2 is 1.60 bits per heavy atom. The Labute approximate surface area is 120 Å². The van der Waals surface area contributed by atoms with Crippen molar-refractivity contribution in [3.05, 3.63) is 0 Å². The van der Waals surface area contributed by atoms with Crippen molar-refractivity contribution in [1.82, 2.24) is 10.2 Å². The number of rotatable bonds is 4. The van der Waals surface area contributed by atoms with Gasteiger partial charge in [-0.3, -0.25) is 9.59 Å². The van der Waals surface area contributed by atoms with E-state index in [2.05, 4.69) is 5.32 Å². The van der Waals surface area contributed by atoms with E-state index in [0.717, 1.165) is 32.2 Å². The Kier molecular flexibility index (Phi) is 3.00. The number of nitrogens with one attached hydrogen (secondary N) is 1. The Bertz CT molecular complexity index is 422. The minimum Gasteiger partial charge on any atom is -0.342 e. The van der Waals surface area contributed by atoms with Gasteiger partial charge in [0.1, 0.15) is 12.1 Å². The first-order valence-electron chi connectivity index (χ1n) is 8.35. The van der Waals surface area contributed by atoms with Gasteiger partial charge in [0.25, 0.3) is 0 Å². The normalized spacial score (nSPS) is 35.5. The van der Waals surface area contributed by atoms with E-state index in [1.165, 1.54) is 25.7 Å². The molecule has 20 heavy (non-hydrogen) atoms. The first-order chi connectivity index (χ1) is 9.74. The van der Waals surface area contributed by atoms with Gasteiger partial charge in [0.15, 0.2) is 0 Å². The topological polar surface area (TPSA) is 49.4 Å². The van der Waals surface area contributed by atoms with Crippen LogP contribution >= 0.6 is 0 Å². The Morgan fingerprint density at radius 1 is 0.950 bits per heavy atom. The molecule has 1 saturated heterocycles. The van der Waals surface area contributed by atoms with Crippen molar-refractivity contribution in [2.75, 3.05) is 6.54 Å². The van der Waals surface area contributed by atoms with Crippen molar-refractivity contribution >= 4 is 11.8 Å². The molecule has 0 aromatic heterocycles. The average Bonchev–Trinajstić information content (AvgIpc) is 3.34. The SMILES string of the molecule is O=C1NC(C2CC2)C(=O)N(CC2CCCC2)C1C1CC1. The van der Waals surface area contributed by atoms with E-state index in [0.29, 0.717) is 17.8 Å². The van der Waals surface area contributed by atoms with Crippen LogP contribution in [0.4, 0.5) is 0 Å². The summed E-state index contributed by atoms with van der Waals surface area (Å²) in [5.41, 5.74) is 0. The van der Waals surface area contributed by atoms with Crippen LogP contribution in [0.15, 0.2) is 0 Å². The minimum atomic E-state index is -0.209. The van der Waals surface area contributed by atoms with Gasteiger partial charge in [0.05, 0.1) is 0 Å². The lowest BCUT2D eigenvalue weighted by molar-refractivity contribution is -0.151. The highest BCUT2D eigenvalue weighted by Crippen LogP contribution is 2.41. The molecule has 2 atom stereocenters. The summed E-state index contributed by atoms with van der Waals surface area (Å²) < 4.78 is 0. The van der Waals surface area contributed by atoms with E-state index in [4.69, 9.17) is 0 Å². The van der Waals surface area contributed by atoms with Crippen molar-refractivity contribution in [3.63, 3.8) is 0 Å². The number of carbonyl (C=O) groups excluding carboxylic acids is 2. The maximum absolute atomic E-state index is 12.8. The molecule has 0 bridgehead atoms. The van der Waals surface area contributed by atoms with Crippen LogP contribution in [0.1, 0.15) is 51.4 Å². The first-order valence-corrected chi connectivity index (χ1v) is 8.35. The first kappa shape index (κ1) is 12.7. The number of carbonyl (C=O) groups is 2. The molecule has 0 spiro atoms. The maximum atomic E-state index is 12.8. The summed E-state index contributed by atoms with van der Waals surface area (Å²) in [5, 5.41) is 3.02. The zero-order valence-corrected chi connectivity index (χ0v) is 12.0. The molecule has 2 unspecified atom stereocenters. The molecule has 0 aromatic rings. The summed E-state index contributed by atoms with van der Waals surface area (Å²) in [6.07, 6.45) is 9.47. The lowest BCUT2D eigenvalue weighted by atomic mass is 9.97. The van der Waals surface area contributed by atoms with E-state index in [1.54, 1.807) is 0 Å². The largest absolute Gasteiger partial charge is 0.342 e. The summed E-state index contributed by atoms with van der Waals surface area (Å²) in [6, 6.07) is -0.364. The molecule has 1 N–H and O–H groups in total. The molecule has 4 heteroatoms. The lowest BCUT2D eigenvalue weighted by Crippen LogP contribution is -2.65. The van der Waals surface area contributed by atoms with Crippen LogP contribution in [0, 0.1) is 17.8 Å². The molecule has 0 aromatic carbocycles. The number of nitrogens with zero attached hydrogens (tertiary/aromatic N) is 1. The maximum Gasteiger partial charge on any atom is 0.246 e. The van der Waals surface area contributed by atoms with E-state index in [9.17, 15) is 9.59 Å². The molecule has 1 aliphatic heterocycles. The molecular weight excluding hydrogens is 252 g/mol. The van der Waals surface area contributed by atoms with Crippen LogP contribution in [-0.2, 0) is 9.59 Å². The molecule has 3 saturated carbocycles. The fraction of sp³-hybridized carbons (Fsp3) is 0.875. The van der Waals surface area contributed by atoms with Crippen LogP contribution in [0.5, 0.6) is 0 Å². The van der Waals surface area contributed by atoms with Crippen molar-refractivity contribution < 1.29 is 9.59 Å².